The molecule has 0 amide bonds. The minimum atomic E-state index is 0.196. The molecule has 28 heavy (non-hydrogen) atoms. The molecule has 150 valence electrons. The summed E-state index contributed by atoms with van der Waals surface area (Å²) in [5.74, 6) is 0.491. The van der Waals surface area contributed by atoms with E-state index in [1.807, 2.05) is 22.4 Å². The lowest BCUT2D eigenvalue weighted by molar-refractivity contribution is 0.0652. The number of halogens is 2. The third kappa shape index (κ3) is 3.76. The Labute approximate surface area is 172 Å². The Morgan fingerprint density at radius 1 is 1.32 bits per heavy atom. The van der Waals surface area contributed by atoms with E-state index in [-0.39, 0.29) is 5.28 Å². The second-order valence-corrected chi connectivity index (χ2v) is 7.59. The maximum absolute atomic E-state index is 6.24. The molecule has 3 aromatic heterocycles. The average molecular weight is 425 g/mol. The van der Waals surface area contributed by atoms with Gasteiger partial charge in [0.15, 0.2) is 0 Å². The van der Waals surface area contributed by atoms with Gasteiger partial charge in [0.1, 0.15) is 11.3 Å². The molecule has 10 heteroatoms. The summed E-state index contributed by atoms with van der Waals surface area (Å²) >= 11 is 12.1. The molecule has 0 unspecified atom stereocenters. The van der Waals surface area contributed by atoms with Crippen LogP contribution in [0, 0.1) is 6.92 Å². The van der Waals surface area contributed by atoms with Crippen LogP contribution in [0.15, 0.2) is 12.4 Å². The largest absolute Gasteiger partial charge is 0.475 e. The lowest BCUT2D eigenvalue weighted by Gasteiger charge is -2.23. The second kappa shape index (κ2) is 8.14. The Morgan fingerprint density at radius 3 is 2.89 bits per heavy atom. The number of nitrogens with zero attached hydrogens (tertiary/aromatic N) is 5. The molecular formula is C18H22Cl2N6O2. The number of rotatable bonds is 6. The van der Waals surface area contributed by atoms with Crippen LogP contribution in [0.3, 0.4) is 0 Å². The minimum absolute atomic E-state index is 0.196. The van der Waals surface area contributed by atoms with Crippen LogP contribution in [0.1, 0.15) is 31.0 Å². The summed E-state index contributed by atoms with van der Waals surface area (Å²) in [7, 11) is 0. The Hall–Kier alpha value is -2.03. The van der Waals surface area contributed by atoms with Crippen LogP contribution in [0.4, 0.5) is 5.69 Å². The highest BCUT2D eigenvalue weighted by molar-refractivity contribution is 6.35. The van der Waals surface area contributed by atoms with Crippen molar-refractivity contribution in [2.45, 2.75) is 38.8 Å². The van der Waals surface area contributed by atoms with E-state index in [0.717, 1.165) is 43.6 Å². The number of ether oxygens (including phenoxy) is 2. The molecule has 0 saturated carbocycles. The third-order valence-electron chi connectivity index (χ3n) is 5.02. The van der Waals surface area contributed by atoms with E-state index in [1.54, 1.807) is 6.20 Å². The molecule has 0 radical (unpaired) electrons. The van der Waals surface area contributed by atoms with Crippen molar-refractivity contribution in [3.8, 4) is 5.88 Å². The molecule has 1 aliphatic rings. The highest BCUT2D eigenvalue weighted by Gasteiger charge is 2.22. The summed E-state index contributed by atoms with van der Waals surface area (Å²) in [5, 5.41) is 6.17. The van der Waals surface area contributed by atoms with Crippen molar-refractivity contribution < 1.29 is 9.47 Å². The predicted octanol–water partition coefficient (Wildman–Crippen LogP) is 3.65. The summed E-state index contributed by atoms with van der Waals surface area (Å²) in [5.41, 5.74) is 8.45. The zero-order chi connectivity index (χ0) is 19.7. The molecule has 8 nitrogen and oxygen atoms in total. The van der Waals surface area contributed by atoms with Gasteiger partial charge in [0.25, 0.3) is 5.88 Å². The first-order valence-corrected chi connectivity index (χ1v) is 10.0. The van der Waals surface area contributed by atoms with Crippen LogP contribution in [0.25, 0.3) is 11.0 Å². The van der Waals surface area contributed by atoms with E-state index < -0.39 is 0 Å². The monoisotopic (exact) mass is 424 g/mol. The summed E-state index contributed by atoms with van der Waals surface area (Å²) in [4.78, 5) is 8.24. The zero-order valence-electron chi connectivity index (χ0n) is 15.6. The van der Waals surface area contributed by atoms with Gasteiger partial charge in [0.2, 0.25) is 5.28 Å². The Kier molecular flexibility index (Phi) is 5.61. The quantitative estimate of drug-likeness (QED) is 0.479. The SMILES string of the molecule is Cc1c(N)c(OCCCn2cc(Cl)c3cnc(Cl)nc32)nn1C1CCOCC1. The summed E-state index contributed by atoms with van der Waals surface area (Å²) in [6.45, 7) is 4.63. The summed E-state index contributed by atoms with van der Waals surface area (Å²) in [6.07, 6.45) is 6.08. The molecule has 0 aliphatic carbocycles. The van der Waals surface area contributed by atoms with E-state index >= 15 is 0 Å². The predicted molar refractivity (Wildman–Crippen MR) is 108 cm³/mol. The molecule has 3 aromatic rings. The van der Waals surface area contributed by atoms with Gasteiger partial charge in [-0.15, -0.1) is 5.10 Å². The molecule has 1 saturated heterocycles. The van der Waals surface area contributed by atoms with Crippen LogP contribution >= 0.6 is 23.2 Å². The fraction of sp³-hybridized carbons (Fsp3) is 0.500. The lowest BCUT2D eigenvalue weighted by atomic mass is 10.1. The van der Waals surface area contributed by atoms with E-state index in [2.05, 4.69) is 15.1 Å². The fourth-order valence-electron chi connectivity index (χ4n) is 3.48. The third-order valence-corrected chi connectivity index (χ3v) is 5.50. The van der Waals surface area contributed by atoms with Crippen LogP contribution in [0.5, 0.6) is 5.88 Å². The van der Waals surface area contributed by atoms with Gasteiger partial charge in [0, 0.05) is 32.2 Å². The number of anilines is 1. The molecule has 0 atom stereocenters. The first-order chi connectivity index (χ1) is 13.5. The molecule has 0 aromatic carbocycles. The summed E-state index contributed by atoms with van der Waals surface area (Å²) < 4.78 is 15.2. The number of fused-ring (bicyclic) bond motifs is 1. The van der Waals surface area contributed by atoms with Crippen LogP contribution in [-0.4, -0.2) is 44.1 Å². The number of nitrogen functional groups attached to an aromatic ring is 1. The normalized spacial score (nSPS) is 15.4. The van der Waals surface area contributed by atoms with Gasteiger partial charge in [-0.25, -0.2) is 4.98 Å². The van der Waals surface area contributed by atoms with Gasteiger partial charge in [-0.1, -0.05) is 11.6 Å². The Bertz CT molecular complexity index is 980. The van der Waals surface area contributed by atoms with E-state index in [0.29, 0.717) is 41.4 Å². The maximum atomic E-state index is 6.24. The summed E-state index contributed by atoms with van der Waals surface area (Å²) in [6, 6.07) is 0.311. The lowest BCUT2D eigenvalue weighted by Crippen LogP contribution is -2.21. The van der Waals surface area contributed by atoms with Gasteiger partial charge in [-0.05, 0) is 37.8 Å². The number of nitrogens with two attached hydrogens (primary N) is 1. The first-order valence-electron chi connectivity index (χ1n) is 9.26. The number of aryl methyl sites for hydroxylation is 1. The van der Waals surface area contributed by atoms with Gasteiger partial charge >= 0.3 is 0 Å². The van der Waals surface area contributed by atoms with Crippen LogP contribution < -0.4 is 10.5 Å². The van der Waals surface area contributed by atoms with Crippen molar-refractivity contribution in [3.05, 3.63) is 28.4 Å². The molecule has 1 fully saturated rings. The highest BCUT2D eigenvalue weighted by Crippen LogP contribution is 2.30. The van der Waals surface area contributed by atoms with Crippen molar-refractivity contribution in [3.63, 3.8) is 0 Å². The average Bonchev–Trinajstić information content (AvgIpc) is 3.16. The standard InChI is InChI=1S/C18H22Cl2N6O2/c1-11-15(21)17(24-26(11)12-3-7-27-8-4-12)28-6-2-5-25-10-14(19)13-9-22-18(20)23-16(13)25/h9-10,12H,2-8,21H2,1H3. The van der Waals surface area contributed by atoms with Gasteiger partial charge in [0.05, 0.1) is 28.8 Å². The smallest absolute Gasteiger partial charge is 0.256 e. The molecule has 0 spiro atoms. The minimum Gasteiger partial charge on any atom is -0.475 e. The van der Waals surface area contributed by atoms with Crippen molar-refractivity contribution >= 4 is 39.9 Å². The topological polar surface area (TPSA) is 93.0 Å². The number of hydrogen-bond acceptors (Lipinski definition) is 6. The van der Waals surface area contributed by atoms with Crippen molar-refractivity contribution in [1.82, 2.24) is 24.3 Å². The van der Waals surface area contributed by atoms with Gasteiger partial charge in [-0.3, -0.25) is 4.68 Å². The molecule has 0 bridgehead atoms. The first kappa shape index (κ1) is 19.3. The molecule has 1 aliphatic heterocycles. The van der Waals surface area contributed by atoms with E-state index in [9.17, 15) is 0 Å². The molecule has 4 rings (SSSR count). The second-order valence-electron chi connectivity index (χ2n) is 6.84. The van der Waals surface area contributed by atoms with Crippen molar-refractivity contribution in [1.29, 1.82) is 0 Å². The molecule has 2 N–H and O–H groups in total. The zero-order valence-corrected chi connectivity index (χ0v) is 17.1. The van der Waals surface area contributed by atoms with Crippen LogP contribution in [-0.2, 0) is 11.3 Å². The Morgan fingerprint density at radius 2 is 2.11 bits per heavy atom. The Balaban J connectivity index is 1.39. The fourth-order valence-corrected chi connectivity index (χ4v) is 3.86. The van der Waals surface area contributed by atoms with Gasteiger partial charge < -0.3 is 19.8 Å². The number of hydrogen-bond donors (Lipinski definition) is 1. The maximum Gasteiger partial charge on any atom is 0.256 e. The van der Waals surface area contributed by atoms with Gasteiger partial charge in [-0.2, -0.15) is 4.98 Å². The van der Waals surface area contributed by atoms with Crippen molar-refractivity contribution in [2.75, 3.05) is 25.6 Å². The number of aromatic nitrogens is 5. The van der Waals surface area contributed by atoms with E-state index in [4.69, 9.17) is 38.4 Å². The molecule has 4 heterocycles. The van der Waals surface area contributed by atoms with Crippen LogP contribution in [0.2, 0.25) is 10.3 Å². The highest BCUT2D eigenvalue weighted by atomic mass is 35.5. The van der Waals surface area contributed by atoms with Crippen molar-refractivity contribution in [2.24, 2.45) is 0 Å². The van der Waals surface area contributed by atoms with E-state index in [1.165, 1.54) is 0 Å². The molecular weight excluding hydrogens is 403 g/mol.